The van der Waals surface area contributed by atoms with Gasteiger partial charge in [-0.1, -0.05) is 56.0 Å². The lowest BCUT2D eigenvalue weighted by Crippen LogP contribution is -2.70. The van der Waals surface area contributed by atoms with Crippen LogP contribution >= 0.6 is 15.9 Å². The Balaban J connectivity index is 1.26. The van der Waals surface area contributed by atoms with Gasteiger partial charge in [-0.25, -0.2) is 0 Å². The number of ketones is 1. The molecule has 2 saturated heterocycles. The van der Waals surface area contributed by atoms with E-state index < -0.39 is 46.7 Å². The number of hydrogen-bond acceptors (Lipinski definition) is 9. The number of carbonyl (C=O) groups is 2. The minimum absolute atomic E-state index is 0.0239. The fourth-order valence-corrected chi connectivity index (χ4v) is 9.25. The maximum Gasteiger partial charge on any atom is 0.310 e. The van der Waals surface area contributed by atoms with Gasteiger partial charge in [-0.3, -0.25) is 9.59 Å². The molecule has 7 rings (SSSR count). The molecule has 2 N–H and O–H groups in total. The standard InChI is InChI=1S/C37H39BrO9/c1-20(2)35-16-22(4)37-26(33(35)45-36(46-35,47-37)18-23-9-7-6-8-10-23)12-25(17-34(42)29(37)11-21(3)32(34)41)19-44-30(39)15-24-13-27(38)31(40)28(14-24)43-5/h6-14,22,26,29,33,40,42H,1,15-19H2,2-5H3/t22-,26+,29-,33?,34-,35+,36?,37?/m1/s1. The van der Waals surface area contributed by atoms with Gasteiger partial charge in [0.2, 0.25) is 0 Å². The molecule has 3 aliphatic carbocycles. The SMILES string of the molecule is C=C(C)[C@@]12C[C@@H](C)C34OC(Cc5ccccc5)(OC1[C@@H]3C=C(COC(=O)Cc1cc(Br)c(O)c(OC)c1)C[C@]1(O)C(=O)C(C)=C[C@@H]41)O2. The normalized spacial score (nSPS) is 36.6. The van der Waals surface area contributed by atoms with Crippen LogP contribution in [-0.2, 0) is 41.4 Å². The van der Waals surface area contributed by atoms with E-state index in [0.717, 1.165) is 11.1 Å². The molecule has 248 valence electrons. The minimum atomic E-state index is -1.81. The van der Waals surface area contributed by atoms with E-state index >= 15 is 0 Å². The maximum atomic E-state index is 13.8. The lowest BCUT2D eigenvalue weighted by molar-refractivity contribution is -0.421. The molecule has 0 spiro atoms. The zero-order valence-electron chi connectivity index (χ0n) is 26.9. The van der Waals surface area contributed by atoms with Crippen molar-refractivity contribution in [2.24, 2.45) is 17.8 Å². The van der Waals surface area contributed by atoms with Gasteiger partial charge in [0.05, 0.1) is 30.0 Å². The Bertz CT molecular complexity index is 1730. The number of fused-ring (bicyclic) bond motifs is 2. The number of phenolic OH excluding ortho intramolecular Hbond substituents is 1. The van der Waals surface area contributed by atoms with Gasteiger partial charge in [0.15, 0.2) is 17.3 Å². The van der Waals surface area contributed by atoms with Crippen LogP contribution < -0.4 is 4.74 Å². The number of esters is 1. The fraction of sp³-hybridized carbons (Fsp3) is 0.459. The molecule has 2 heterocycles. The summed E-state index contributed by atoms with van der Waals surface area (Å²) in [4.78, 5) is 26.9. The summed E-state index contributed by atoms with van der Waals surface area (Å²) < 4.78 is 32.3. The summed E-state index contributed by atoms with van der Waals surface area (Å²) in [5.74, 6) is -3.48. The third kappa shape index (κ3) is 4.78. The number of aromatic hydroxyl groups is 1. The smallest absolute Gasteiger partial charge is 0.310 e. The van der Waals surface area contributed by atoms with Gasteiger partial charge < -0.3 is 33.9 Å². The van der Waals surface area contributed by atoms with Crippen LogP contribution in [0.3, 0.4) is 0 Å². The highest BCUT2D eigenvalue weighted by Crippen LogP contribution is 2.68. The van der Waals surface area contributed by atoms with E-state index in [2.05, 4.69) is 29.4 Å². The van der Waals surface area contributed by atoms with E-state index in [9.17, 15) is 19.8 Å². The summed E-state index contributed by atoms with van der Waals surface area (Å²) in [5, 5.41) is 22.6. The molecule has 3 bridgehead atoms. The fourth-order valence-electron chi connectivity index (χ4n) is 8.76. The quantitative estimate of drug-likeness (QED) is 0.271. The van der Waals surface area contributed by atoms with Crippen molar-refractivity contribution in [2.45, 2.75) is 75.3 Å². The van der Waals surface area contributed by atoms with Crippen LogP contribution in [0.4, 0.5) is 0 Å². The molecule has 1 saturated carbocycles. The molecule has 2 aromatic carbocycles. The lowest BCUT2D eigenvalue weighted by Gasteiger charge is -2.59. The number of ether oxygens (including phenoxy) is 5. The molecular formula is C37H39BrO9. The lowest BCUT2D eigenvalue weighted by atomic mass is 9.55. The van der Waals surface area contributed by atoms with Crippen LogP contribution in [-0.4, -0.2) is 64.6 Å². The summed E-state index contributed by atoms with van der Waals surface area (Å²) in [6, 6.07) is 13.0. The predicted octanol–water partition coefficient (Wildman–Crippen LogP) is 5.51. The molecule has 0 radical (unpaired) electrons. The highest BCUT2D eigenvalue weighted by atomic mass is 79.9. The van der Waals surface area contributed by atoms with Crippen molar-refractivity contribution in [3.63, 3.8) is 0 Å². The molecule has 0 aromatic heterocycles. The number of rotatable bonds is 8. The van der Waals surface area contributed by atoms with E-state index in [1.165, 1.54) is 7.11 Å². The second-order valence-electron chi connectivity index (χ2n) is 13.8. The second-order valence-corrected chi connectivity index (χ2v) is 14.6. The zero-order valence-corrected chi connectivity index (χ0v) is 28.5. The molecule has 2 aliphatic heterocycles. The van der Waals surface area contributed by atoms with Gasteiger partial charge in [0.1, 0.15) is 23.9 Å². The van der Waals surface area contributed by atoms with Gasteiger partial charge in [-0.05, 0) is 82.1 Å². The first-order valence-electron chi connectivity index (χ1n) is 15.9. The predicted molar refractivity (Wildman–Crippen MR) is 174 cm³/mol. The molecule has 2 aromatic rings. The average molecular weight is 708 g/mol. The van der Waals surface area contributed by atoms with Gasteiger partial charge in [-0.2, -0.15) is 0 Å². The Morgan fingerprint density at radius 3 is 2.60 bits per heavy atom. The van der Waals surface area contributed by atoms with E-state index in [4.69, 9.17) is 23.7 Å². The molecule has 47 heavy (non-hydrogen) atoms. The first-order valence-corrected chi connectivity index (χ1v) is 16.7. The van der Waals surface area contributed by atoms with Crippen LogP contribution in [0.25, 0.3) is 0 Å². The van der Waals surface area contributed by atoms with Crippen LogP contribution in [0.5, 0.6) is 11.5 Å². The highest BCUT2D eigenvalue weighted by Gasteiger charge is 2.79. The van der Waals surface area contributed by atoms with Crippen LogP contribution in [0.2, 0.25) is 0 Å². The van der Waals surface area contributed by atoms with Gasteiger partial charge in [0, 0.05) is 18.3 Å². The number of Topliss-reactive ketones (excluding diaryl/α,β-unsaturated/α-hetero) is 1. The van der Waals surface area contributed by atoms with E-state index in [1.807, 2.05) is 49.4 Å². The largest absolute Gasteiger partial charge is 0.503 e. The Morgan fingerprint density at radius 2 is 1.89 bits per heavy atom. The third-order valence-electron chi connectivity index (χ3n) is 10.8. The number of benzene rings is 2. The molecule has 9 nitrogen and oxygen atoms in total. The van der Waals surface area contributed by atoms with Crippen molar-refractivity contribution in [3.8, 4) is 11.5 Å². The topological polar surface area (TPSA) is 121 Å². The molecule has 3 unspecified atom stereocenters. The second kappa shape index (κ2) is 11.1. The molecular weight excluding hydrogens is 668 g/mol. The van der Waals surface area contributed by atoms with Gasteiger partial charge >= 0.3 is 5.97 Å². The first-order chi connectivity index (χ1) is 22.3. The maximum absolute atomic E-state index is 13.8. The Labute approximate surface area is 282 Å². The molecule has 0 amide bonds. The Hall–Kier alpha value is -3.28. The molecule has 10 heteroatoms. The van der Waals surface area contributed by atoms with Crippen LogP contribution in [0.1, 0.15) is 44.7 Å². The summed E-state index contributed by atoms with van der Waals surface area (Å²) >= 11 is 3.29. The number of methoxy groups -OCH3 is 1. The van der Waals surface area contributed by atoms with E-state index in [-0.39, 0.29) is 42.6 Å². The van der Waals surface area contributed by atoms with Gasteiger partial charge in [-0.15, -0.1) is 0 Å². The van der Waals surface area contributed by atoms with Crippen molar-refractivity contribution < 1.29 is 43.5 Å². The van der Waals surface area contributed by atoms with Crippen molar-refractivity contribution in [1.82, 2.24) is 0 Å². The number of hydrogen-bond donors (Lipinski definition) is 2. The summed E-state index contributed by atoms with van der Waals surface area (Å²) in [7, 11) is 1.43. The summed E-state index contributed by atoms with van der Waals surface area (Å²) in [5.41, 5.74) is -0.314. The summed E-state index contributed by atoms with van der Waals surface area (Å²) in [6.45, 7) is 9.97. The summed E-state index contributed by atoms with van der Waals surface area (Å²) in [6.07, 6.45) is 4.07. The van der Waals surface area contributed by atoms with Crippen molar-refractivity contribution in [2.75, 3.05) is 13.7 Å². The zero-order chi connectivity index (χ0) is 33.5. The molecule has 3 fully saturated rings. The van der Waals surface area contributed by atoms with Gasteiger partial charge in [0.25, 0.3) is 5.97 Å². The van der Waals surface area contributed by atoms with Crippen LogP contribution in [0, 0.1) is 17.8 Å². The van der Waals surface area contributed by atoms with Crippen molar-refractivity contribution in [3.05, 3.63) is 93.5 Å². The first kappa shape index (κ1) is 32.3. The monoisotopic (exact) mass is 706 g/mol. The number of aliphatic hydroxyl groups is 1. The molecule has 5 aliphatic rings. The van der Waals surface area contributed by atoms with E-state index in [0.29, 0.717) is 34.0 Å². The highest BCUT2D eigenvalue weighted by molar-refractivity contribution is 9.10. The van der Waals surface area contributed by atoms with Crippen LogP contribution in [0.15, 0.2) is 82.4 Å². The number of carbonyl (C=O) groups excluding carboxylic acids is 2. The third-order valence-corrected chi connectivity index (χ3v) is 11.4. The van der Waals surface area contributed by atoms with Crippen molar-refractivity contribution >= 4 is 27.7 Å². The average Bonchev–Trinajstić information content (AvgIpc) is 3.33. The minimum Gasteiger partial charge on any atom is -0.503 e. The molecule has 8 atom stereocenters. The Kier molecular flexibility index (Phi) is 7.65. The van der Waals surface area contributed by atoms with Crippen molar-refractivity contribution in [1.29, 1.82) is 0 Å². The Morgan fingerprint density at radius 1 is 1.15 bits per heavy atom. The number of halogens is 1. The number of phenols is 1. The van der Waals surface area contributed by atoms with E-state index in [1.54, 1.807) is 19.1 Å².